The third-order valence-corrected chi connectivity index (χ3v) is 9.90. The normalized spacial score (nSPS) is 12.7. The first-order valence-electron chi connectivity index (χ1n) is 16.9. The summed E-state index contributed by atoms with van der Waals surface area (Å²) >= 11 is 0. The average Bonchev–Trinajstić information content (AvgIpc) is 3.53. The van der Waals surface area contributed by atoms with Gasteiger partial charge in [-0.1, -0.05) is 140 Å². The molecule has 2 heterocycles. The van der Waals surface area contributed by atoms with Crippen LogP contribution in [0.4, 0.5) is 0 Å². The molecular weight excluding hydrogens is 597 g/mol. The maximum Gasteiger partial charge on any atom is 0.164 e. The summed E-state index contributed by atoms with van der Waals surface area (Å²) in [5, 5.41) is 7.41. The van der Waals surface area contributed by atoms with Crippen molar-refractivity contribution >= 4 is 49.4 Å². The first-order chi connectivity index (χ1) is 24.3. The van der Waals surface area contributed by atoms with Gasteiger partial charge in [-0.05, 0) is 58.3 Å². The number of nitrogens with zero attached hydrogens (tertiary/aromatic N) is 4. The number of allylic oxidation sites excluding steroid dienone is 1. The summed E-state index contributed by atoms with van der Waals surface area (Å²) in [4.78, 5) is 15.1. The summed E-state index contributed by atoms with van der Waals surface area (Å²) < 4.78 is 2.46. The van der Waals surface area contributed by atoms with Gasteiger partial charge in [-0.25, -0.2) is 15.0 Å². The third-order valence-electron chi connectivity index (χ3n) is 9.90. The van der Waals surface area contributed by atoms with Crippen LogP contribution in [0.1, 0.15) is 17.5 Å². The highest BCUT2D eigenvalue weighted by atomic mass is 15.0. The van der Waals surface area contributed by atoms with Gasteiger partial charge in [-0.15, -0.1) is 0 Å². The minimum absolute atomic E-state index is 0.655. The molecule has 49 heavy (non-hydrogen) atoms. The monoisotopic (exact) mass is 626 g/mol. The van der Waals surface area contributed by atoms with E-state index < -0.39 is 0 Å². The van der Waals surface area contributed by atoms with Crippen LogP contribution in [0.2, 0.25) is 0 Å². The highest BCUT2D eigenvalue weighted by Gasteiger charge is 2.22. The molecule has 1 aliphatic rings. The number of aromatic nitrogens is 4. The third kappa shape index (κ3) is 4.41. The topological polar surface area (TPSA) is 43.6 Å². The first-order valence-corrected chi connectivity index (χ1v) is 16.9. The molecule has 0 radical (unpaired) electrons. The van der Waals surface area contributed by atoms with Crippen molar-refractivity contribution in [3.05, 3.63) is 163 Å². The summed E-state index contributed by atoms with van der Waals surface area (Å²) in [6, 6.07) is 51.4. The van der Waals surface area contributed by atoms with E-state index in [2.05, 4.69) is 126 Å². The van der Waals surface area contributed by atoms with Gasteiger partial charge in [0.1, 0.15) is 0 Å². The van der Waals surface area contributed by atoms with Gasteiger partial charge in [0, 0.05) is 32.8 Å². The molecule has 0 fully saturated rings. The zero-order valence-electron chi connectivity index (χ0n) is 26.7. The summed E-state index contributed by atoms with van der Waals surface area (Å²) in [6.45, 7) is 0. The molecule has 0 saturated heterocycles. The summed E-state index contributed by atoms with van der Waals surface area (Å²) in [6.07, 6.45) is 6.81. The van der Waals surface area contributed by atoms with Gasteiger partial charge in [0.15, 0.2) is 17.5 Å². The molecule has 10 rings (SSSR count). The van der Waals surface area contributed by atoms with Crippen LogP contribution in [0.5, 0.6) is 0 Å². The van der Waals surface area contributed by atoms with Crippen molar-refractivity contribution in [2.24, 2.45) is 0 Å². The van der Waals surface area contributed by atoms with Crippen molar-refractivity contribution < 1.29 is 0 Å². The van der Waals surface area contributed by atoms with E-state index in [9.17, 15) is 0 Å². The molecule has 4 heteroatoms. The van der Waals surface area contributed by atoms with Crippen LogP contribution in [0.3, 0.4) is 0 Å². The molecule has 0 atom stereocenters. The van der Waals surface area contributed by atoms with E-state index in [1.165, 1.54) is 43.7 Å². The van der Waals surface area contributed by atoms with Gasteiger partial charge < -0.3 is 4.57 Å². The fraction of sp³-hybridized carbons (Fsp3) is 0.0444. The van der Waals surface area contributed by atoms with Gasteiger partial charge in [0.05, 0.1) is 16.7 Å². The smallest absolute Gasteiger partial charge is 0.164 e. The Morgan fingerprint density at radius 2 is 1.10 bits per heavy atom. The second-order valence-electron chi connectivity index (χ2n) is 12.7. The quantitative estimate of drug-likeness (QED) is 0.195. The molecule has 0 saturated carbocycles. The maximum atomic E-state index is 5.09. The molecule has 0 unspecified atom stereocenters. The van der Waals surface area contributed by atoms with Crippen molar-refractivity contribution in [1.82, 2.24) is 19.5 Å². The highest BCUT2D eigenvalue weighted by molar-refractivity contribution is 6.24. The molecule has 4 nitrogen and oxygen atoms in total. The average molecular weight is 627 g/mol. The lowest BCUT2D eigenvalue weighted by Gasteiger charge is -2.15. The Kier molecular flexibility index (Phi) is 6.28. The number of hydrogen-bond donors (Lipinski definition) is 0. The molecule has 0 spiro atoms. The van der Waals surface area contributed by atoms with Gasteiger partial charge in [0.2, 0.25) is 0 Å². The SMILES string of the molecule is C1=Cc2c(ccc3c2c2c4ccccc4ccc2n3-c2cccc3c(-c4nc(-c5ccccc5)nc(-c5ccccc5)n4)cccc23)CC1. The van der Waals surface area contributed by atoms with Crippen LogP contribution >= 0.6 is 0 Å². The van der Waals surface area contributed by atoms with Crippen LogP contribution in [0, 0.1) is 0 Å². The number of rotatable bonds is 4. The Hall–Kier alpha value is -6.39. The predicted molar refractivity (Wildman–Crippen MR) is 203 cm³/mol. The van der Waals surface area contributed by atoms with E-state index >= 15 is 0 Å². The van der Waals surface area contributed by atoms with E-state index in [0.717, 1.165) is 46.0 Å². The number of benzene rings is 7. The molecule has 0 amide bonds. The molecule has 0 bridgehead atoms. The Labute approximate surface area is 283 Å². The fourth-order valence-electron chi connectivity index (χ4n) is 7.66. The molecule has 0 aliphatic heterocycles. The van der Waals surface area contributed by atoms with Crippen LogP contribution in [-0.4, -0.2) is 19.5 Å². The van der Waals surface area contributed by atoms with Crippen LogP contribution in [-0.2, 0) is 6.42 Å². The van der Waals surface area contributed by atoms with Gasteiger partial charge in [0.25, 0.3) is 0 Å². The molecule has 9 aromatic rings. The van der Waals surface area contributed by atoms with Gasteiger partial charge in [-0.2, -0.15) is 0 Å². The van der Waals surface area contributed by atoms with Crippen molar-refractivity contribution in [3.63, 3.8) is 0 Å². The van der Waals surface area contributed by atoms with Crippen LogP contribution in [0.15, 0.2) is 152 Å². The molecule has 230 valence electrons. The second-order valence-corrected chi connectivity index (χ2v) is 12.7. The van der Waals surface area contributed by atoms with Crippen LogP contribution < -0.4 is 0 Å². The molecule has 2 aromatic heterocycles. The highest BCUT2D eigenvalue weighted by Crippen LogP contribution is 2.43. The van der Waals surface area contributed by atoms with E-state index in [0.29, 0.717) is 17.5 Å². The fourth-order valence-corrected chi connectivity index (χ4v) is 7.66. The molecule has 0 N–H and O–H groups in total. The minimum Gasteiger partial charge on any atom is -0.309 e. The zero-order chi connectivity index (χ0) is 32.3. The zero-order valence-corrected chi connectivity index (χ0v) is 26.7. The van der Waals surface area contributed by atoms with Crippen molar-refractivity contribution in [1.29, 1.82) is 0 Å². The minimum atomic E-state index is 0.655. The van der Waals surface area contributed by atoms with Crippen molar-refractivity contribution in [2.45, 2.75) is 12.8 Å². The Morgan fingerprint density at radius 1 is 0.469 bits per heavy atom. The van der Waals surface area contributed by atoms with Crippen LogP contribution in [0.25, 0.3) is 89.3 Å². The lowest BCUT2D eigenvalue weighted by molar-refractivity contribution is 0.989. The summed E-state index contributed by atoms with van der Waals surface area (Å²) in [5.74, 6) is 1.97. The Bertz CT molecular complexity index is 2700. The molecular formula is C45H30N4. The van der Waals surface area contributed by atoms with E-state index in [1.807, 2.05) is 36.4 Å². The number of hydrogen-bond acceptors (Lipinski definition) is 3. The second kappa shape index (κ2) is 11.1. The Morgan fingerprint density at radius 3 is 1.90 bits per heavy atom. The van der Waals surface area contributed by atoms with Crippen molar-refractivity contribution in [2.75, 3.05) is 0 Å². The first kappa shape index (κ1) is 27.7. The largest absolute Gasteiger partial charge is 0.309 e. The number of aryl methyl sites for hydroxylation is 1. The van der Waals surface area contributed by atoms with E-state index in [4.69, 9.17) is 15.0 Å². The van der Waals surface area contributed by atoms with E-state index in [-0.39, 0.29) is 0 Å². The Balaban J connectivity index is 1.26. The van der Waals surface area contributed by atoms with E-state index in [1.54, 1.807) is 0 Å². The maximum absolute atomic E-state index is 5.09. The number of fused-ring (bicyclic) bond motifs is 8. The van der Waals surface area contributed by atoms with Crippen molar-refractivity contribution in [3.8, 4) is 39.9 Å². The summed E-state index contributed by atoms with van der Waals surface area (Å²) in [5.41, 5.74) is 9.21. The lowest BCUT2D eigenvalue weighted by Crippen LogP contribution is -2.01. The summed E-state index contributed by atoms with van der Waals surface area (Å²) in [7, 11) is 0. The van der Waals surface area contributed by atoms with Gasteiger partial charge in [-0.3, -0.25) is 0 Å². The standard InChI is InChI=1S/C45H30N4/c1-3-15-31(16-4-1)43-46-44(32-17-5-2-6-18-32)48-45(47-43)37-23-11-22-36-35(37)21-12-24-38(36)49-39-27-25-29-13-7-9-19-33(29)41(39)42-34-20-10-8-14-30(34)26-28-40(42)49/h1-7,9-13,15-28H,8,14H2. The molecule has 1 aliphatic carbocycles. The predicted octanol–water partition coefficient (Wildman–Crippen LogP) is 11.2. The van der Waals surface area contributed by atoms with Gasteiger partial charge >= 0.3 is 0 Å². The lowest BCUT2D eigenvalue weighted by atomic mass is 9.92. The molecule has 7 aromatic carbocycles.